The molecular formula is C22H30N3O9P. The summed E-state index contributed by atoms with van der Waals surface area (Å²) < 4.78 is 39.5. The van der Waals surface area contributed by atoms with E-state index >= 15 is 0 Å². The van der Waals surface area contributed by atoms with E-state index in [1.807, 2.05) is 6.92 Å². The molecule has 0 saturated carbocycles. The summed E-state index contributed by atoms with van der Waals surface area (Å²) in [5.74, 6) is 0.685. The maximum Gasteiger partial charge on any atom is 0.472 e. The van der Waals surface area contributed by atoms with E-state index in [1.54, 1.807) is 32.0 Å². The first-order chi connectivity index (χ1) is 16.6. The highest BCUT2D eigenvalue weighted by Crippen LogP contribution is 2.44. The summed E-state index contributed by atoms with van der Waals surface area (Å²) in [5, 5.41) is 2.60. The van der Waals surface area contributed by atoms with Crippen molar-refractivity contribution >= 4 is 19.5 Å². The van der Waals surface area contributed by atoms with Crippen molar-refractivity contribution in [3.05, 3.63) is 46.5 Å². The summed E-state index contributed by atoms with van der Waals surface area (Å²) in [6, 6.07) is 6.32. The number of benzene rings is 1. The number of nitrogens with zero attached hydrogens (tertiary/aromatic N) is 2. The number of nitrogens with one attached hydrogen (secondary N) is 1. The summed E-state index contributed by atoms with van der Waals surface area (Å²) >= 11 is 0. The standard InChI is InChI=1S/C22H30N3O9P/c1-14(2)34-35(28,29)32-13-17(30-4)7-9-25-10-8-20(24-22(25)27)23-21(26)16-5-6-18-19(11-16)33-15(3)12-31-18/h5-6,8,10-11,14-15,17H,7,9,12-13H2,1-4H3,(H,28,29)(H,23,24,26,27)/t15?,17-/m0/s1. The van der Waals surface area contributed by atoms with Gasteiger partial charge in [0.2, 0.25) is 0 Å². The van der Waals surface area contributed by atoms with E-state index in [9.17, 15) is 19.0 Å². The molecule has 1 aliphatic heterocycles. The van der Waals surface area contributed by atoms with Crippen LogP contribution in [0.4, 0.5) is 5.82 Å². The minimum atomic E-state index is -4.19. The van der Waals surface area contributed by atoms with Crippen LogP contribution in [0, 0.1) is 0 Å². The fourth-order valence-electron chi connectivity index (χ4n) is 3.20. The Kier molecular flexibility index (Phi) is 9.03. The lowest BCUT2D eigenvalue weighted by Crippen LogP contribution is -2.28. The Bertz CT molecular complexity index is 1140. The highest BCUT2D eigenvalue weighted by molar-refractivity contribution is 7.47. The SMILES string of the molecule is CO[C@@H](CCn1ccc(NC(=O)c2ccc3c(c2)OC(C)CO3)nc1=O)COP(=O)(O)OC(C)C. The van der Waals surface area contributed by atoms with Gasteiger partial charge in [0.15, 0.2) is 11.5 Å². The average molecular weight is 511 g/mol. The molecule has 192 valence electrons. The van der Waals surface area contributed by atoms with Gasteiger partial charge in [0.25, 0.3) is 5.91 Å². The number of anilines is 1. The monoisotopic (exact) mass is 511 g/mol. The van der Waals surface area contributed by atoms with Gasteiger partial charge in [-0.1, -0.05) is 0 Å². The zero-order chi connectivity index (χ0) is 25.6. The van der Waals surface area contributed by atoms with E-state index in [1.165, 1.54) is 23.9 Å². The Labute approximate surface area is 202 Å². The molecule has 3 atom stereocenters. The van der Waals surface area contributed by atoms with E-state index in [-0.39, 0.29) is 25.1 Å². The van der Waals surface area contributed by atoms with Gasteiger partial charge in [-0.2, -0.15) is 4.98 Å². The molecule has 0 bridgehead atoms. The van der Waals surface area contributed by atoms with E-state index in [2.05, 4.69) is 10.3 Å². The Hall–Kier alpha value is -2.76. The predicted octanol–water partition coefficient (Wildman–Crippen LogP) is 2.60. The molecule has 1 aliphatic rings. The molecule has 2 N–H and O–H groups in total. The summed E-state index contributed by atoms with van der Waals surface area (Å²) in [6.45, 7) is 5.55. The third kappa shape index (κ3) is 7.87. The molecule has 35 heavy (non-hydrogen) atoms. The molecular weight excluding hydrogens is 481 g/mol. The van der Waals surface area contributed by atoms with Gasteiger partial charge in [-0.3, -0.25) is 18.4 Å². The number of carbonyl (C=O) groups is 1. The van der Waals surface area contributed by atoms with Crippen molar-refractivity contribution in [1.82, 2.24) is 9.55 Å². The summed E-state index contributed by atoms with van der Waals surface area (Å²) in [7, 11) is -2.76. The molecule has 1 aromatic carbocycles. The number of rotatable bonds is 11. The highest BCUT2D eigenvalue weighted by atomic mass is 31.2. The number of phosphoric ester groups is 1. The van der Waals surface area contributed by atoms with Crippen molar-refractivity contribution in [1.29, 1.82) is 0 Å². The molecule has 1 amide bonds. The number of fused-ring (bicyclic) bond motifs is 1. The van der Waals surface area contributed by atoms with Gasteiger partial charge < -0.3 is 24.4 Å². The van der Waals surface area contributed by atoms with Crippen molar-refractivity contribution in [2.45, 2.75) is 52.0 Å². The van der Waals surface area contributed by atoms with Gasteiger partial charge in [-0.05, 0) is 51.5 Å². The number of hydrogen-bond donors (Lipinski definition) is 2. The second-order valence-corrected chi connectivity index (χ2v) is 9.61. The molecule has 1 aromatic heterocycles. The van der Waals surface area contributed by atoms with Crippen molar-refractivity contribution in [3.63, 3.8) is 0 Å². The minimum Gasteiger partial charge on any atom is -0.486 e. The van der Waals surface area contributed by atoms with Crippen LogP contribution in [0.25, 0.3) is 0 Å². The summed E-state index contributed by atoms with van der Waals surface area (Å²) in [6.07, 6.45) is 0.634. The second kappa shape index (κ2) is 11.8. The lowest BCUT2D eigenvalue weighted by molar-refractivity contribution is 0.0277. The van der Waals surface area contributed by atoms with E-state index < -0.39 is 31.6 Å². The van der Waals surface area contributed by atoms with Gasteiger partial charge >= 0.3 is 13.5 Å². The molecule has 0 spiro atoms. The Balaban J connectivity index is 1.56. The Morgan fingerprint density at radius 1 is 1.34 bits per heavy atom. The van der Waals surface area contributed by atoms with E-state index in [4.69, 9.17) is 23.3 Å². The maximum atomic E-state index is 12.6. The average Bonchev–Trinajstić information content (AvgIpc) is 2.78. The second-order valence-electron chi connectivity index (χ2n) is 8.21. The van der Waals surface area contributed by atoms with Crippen LogP contribution in [-0.4, -0.2) is 59.0 Å². The van der Waals surface area contributed by atoms with Crippen LogP contribution in [0.5, 0.6) is 11.5 Å². The lowest BCUT2D eigenvalue weighted by Gasteiger charge is -2.24. The number of ether oxygens (including phenoxy) is 3. The molecule has 2 aromatic rings. The molecule has 0 saturated heterocycles. The van der Waals surface area contributed by atoms with Crippen LogP contribution in [0.3, 0.4) is 0 Å². The molecule has 3 rings (SSSR count). The van der Waals surface area contributed by atoms with Crippen molar-refractivity contribution in [2.75, 3.05) is 25.6 Å². The number of aromatic nitrogens is 2. The number of hydrogen-bond acceptors (Lipinski definition) is 9. The van der Waals surface area contributed by atoms with Crippen LogP contribution >= 0.6 is 7.82 Å². The van der Waals surface area contributed by atoms with Crippen LogP contribution < -0.4 is 20.5 Å². The third-order valence-electron chi connectivity index (χ3n) is 4.92. The van der Waals surface area contributed by atoms with Crippen LogP contribution in [0.1, 0.15) is 37.6 Å². The zero-order valence-electron chi connectivity index (χ0n) is 20.0. The first-order valence-corrected chi connectivity index (χ1v) is 12.6. The normalized spacial score (nSPS) is 17.6. The first-order valence-electron chi connectivity index (χ1n) is 11.1. The lowest BCUT2D eigenvalue weighted by atomic mass is 10.1. The molecule has 2 unspecified atom stereocenters. The number of phosphoric acid groups is 1. The number of carbonyl (C=O) groups excluding carboxylic acids is 1. The minimum absolute atomic E-state index is 0.0955. The molecule has 0 aliphatic carbocycles. The van der Waals surface area contributed by atoms with Gasteiger partial charge in [0.1, 0.15) is 18.5 Å². The smallest absolute Gasteiger partial charge is 0.472 e. The van der Waals surface area contributed by atoms with Crippen molar-refractivity contribution in [3.8, 4) is 11.5 Å². The fourth-order valence-corrected chi connectivity index (χ4v) is 4.15. The quantitative estimate of drug-likeness (QED) is 0.431. The van der Waals surface area contributed by atoms with Gasteiger partial charge in [0.05, 0.1) is 18.8 Å². The number of methoxy groups -OCH3 is 1. The van der Waals surface area contributed by atoms with Crippen LogP contribution in [0.15, 0.2) is 35.3 Å². The third-order valence-corrected chi connectivity index (χ3v) is 6.08. The maximum absolute atomic E-state index is 12.6. The molecule has 0 radical (unpaired) electrons. The Morgan fingerprint density at radius 2 is 2.11 bits per heavy atom. The summed E-state index contributed by atoms with van der Waals surface area (Å²) in [5.41, 5.74) is -0.247. The van der Waals surface area contributed by atoms with Crippen molar-refractivity contribution < 1.29 is 37.5 Å². The number of amides is 1. The van der Waals surface area contributed by atoms with Gasteiger partial charge in [-0.15, -0.1) is 0 Å². The topological polar surface area (TPSA) is 147 Å². The van der Waals surface area contributed by atoms with Crippen molar-refractivity contribution in [2.24, 2.45) is 0 Å². The molecule has 2 heterocycles. The van der Waals surface area contributed by atoms with E-state index in [0.717, 1.165) is 0 Å². The largest absolute Gasteiger partial charge is 0.486 e. The fraction of sp³-hybridized carbons (Fsp3) is 0.500. The Morgan fingerprint density at radius 3 is 2.80 bits per heavy atom. The van der Waals surface area contributed by atoms with Crippen LogP contribution in [0.2, 0.25) is 0 Å². The molecule has 0 fully saturated rings. The number of aryl methyl sites for hydroxylation is 1. The van der Waals surface area contributed by atoms with Crippen LogP contribution in [-0.2, 0) is 24.9 Å². The zero-order valence-corrected chi connectivity index (χ0v) is 20.9. The van der Waals surface area contributed by atoms with Gasteiger partial charge in [-0.25, -0.2) is 9.36 Å². The van der Waals surface area contributed by atoms with E-state index in [0.29, 0.717) is 30.1 Å². The summed E-state index contributed by atoms with van der Waals surface area (Å²) in [4.78, 5) is 38.6. The highest BCUT2D eigenvalue weighted by Gasteiger charge is 2.25. The predicted molar refractivity (Wildman–Crippen MR) is 126 cm³/mol. The van der Waals surface area contributed by atoms with Gasteiger partial charge in [0, 0.05) is 25.4 Å². The molecule has 12 nitrogen and oxygen atoms in total. The first kappa shape index (κ1) is 26.8. The molecule has 13 heteroatoms.